The van der Waals surface area contributed by atoms with Crippen molar-refractivity contribution >= 4 is 39.0 Å². The molecular weight excluding hydrogens is 382 g/mol. The maximum Gasteiger partial charge on any atom is 0.240 e. The number of pyridine rings is 1. The molecule has 0 fully saturated rings. The van der Waals surface area contributed by atoms with Crippen molar-refractivity contribution in [3.63, 3.8) is 0 Å². The molecule has 25 heavy (non-hydrogen) atoms. The zero-order chi connectivity index (χ0) is 17.6. The Morgan fingerprint density at radius 2 is 2.04 bits per heavy atom. The molecule has 0 atom stereocenters. The number of nitrogens with one attached hydrogen (secondary N) is 1. The van der Waals surface area contributed by atoms with E-state index in [1.165, 1.54) is 0 Å². The van der Waals surface area contributed by atoms with E-state index in [2.05, 4.69) is 31.4 Å². The van der Waals surface area contributed by atoms with Crippen molar-refractivity contribution in [2.24, 2.45) is 5.10 Å². The van der Waals surface area contributed by atoms with Crippen LogP contribution in [0.2, 0.25) is 0 Å². The molecule has 0 saturated carbocycles. The molecule has 0 spiro atoms. The summed E-state index contributed by atoms with van der Waals surface area (Å²) in [6.07, 6.45) is 4.19. The number of phenolic OH excluding ortho intramolecular Hbond substituents is 1. The van der Waals surface area contributed by atoms with E-state index in [9.17, 15) is 9.90 Å². The number of benzene rings is 2. The molecule has 1 aromatic heterocycles. The van der Waals surface area contributed by atoms with Gasteiger partial charge in [0.1, 0.15) is 5.52 Å². The number of hydrogen-bond donors (Lipinski definition) is 2. The number of nitrogens with zero attached hydrogens (tertiary/aromatic N) is 2. The number of rotatable bonds is 5. The summed E-state index contributed by atoms with van der Waals surface area (Å²) in [6, 6.07) is 15.2. The number of halogens is 1. The number of aromatic hydroxyl groups is 1. The van der Waals surface area contributed by atoms with E-state index in [1.54, 1.807) is 24.5 Å². The number of fused-ring (bicyclic) bond motifs is 1. The Hall–Kier alpha value is -2.73. The maximum absolute atomic E-state index is 11.9. The third kappa shape index (κ3) is 4.22. The van der Waals surface area contributed by atoms with Gasteiger partial charge in [0, 0.05) is 23.6 Å². The molecular formula is C19H16BrN3O2. The fourth-order valence-electron chi connectivity index (χ4n) is 2.46. The van der Waals surface area contributed by atoms with Gasteiger partial charge in [-0.15, -0.1) is 0 Å². The topological polar surface area (TPSA) is 74.6 Å². The molecule has 0 unspecified atom stereocenters. The number of amides is 1. The number of aromatic nitrogens is 1. The van der Waals surface area contributed by atoms with Crippen LogP contribution in [0.1, 0.15) is 17.5 Å². The normalized spacial score (nSPS) is 11.1. The van der Waals surface area contributed by atoms with Gasteiger partial charge in [-0.25, -0.2) is 5.43 Å². The molecule has 1 heterocycles. The lowest BCUT2D eigenvalue weighted by molar-refractivity contribution is -0.121. The summed E-state index contributed by atoms with van der Waals surface area (Å²) in [5.74, 6) is -0.0694. The van der Waals surface area contributed by atoms with Gasteiger partial charge in [0.2, 0.25) is 5.91 Å². The predicted octanol–water partition coefficient (Wildman–Crippen LogP) is 3.79. The summed E-state index contributed by atoms with van der Waals surface area (Å²) in [5.41, 5.74) is 4.87. The fourth-order valence-corrected chi connectivity index (χ4v) is 2.90. The molecule has 6 heteroatoms. The second kappa shape index (κ2) is 7.90. The molecule has 0 saturated heterocycles. The molecule has 126 valence electrons. The zero-order valence-electron chi connectivity index (χ0n) is 13.3. The van der Waals surface area contributed by atoms with Crippen LogP contribution in [-0.4, -0.2) is 22.2 Å². The van der Waals surface area contributed by atoms with E-state index in [1.807, 2.05) is 36.4 Å². The Kier molecular flexibility index (Phi) is 5.40. The second-order valence-electron chi connectivity index (χ2n) is 5.47. The van der Waals surface area contributed by atoms with Crippen LogP contribution < -0.4 is 5.43 Å². The van der Waals surface area contributed by atoms with Crippen LogP contribution in [0, 0.1) is 0 Å². The molecule has 2 aromatic carbocycles. The van der Waals surface area contributed by atoms with E-state index in [-0.39, 0.29) is 11.7 Å². The SMILES string of the molecule is O=C(CCc1ccccc1)N/N=C\c1cc(Br)c(O)c2ncccc12. The van der Waals surface area contributed by atoms with Crippen molar-refractivity contribution in [1.82, 2.24) is 10.4 Å². The van der Waals surface area contributed by atoms with E-state index in [4.69, 9.17) is 0 Å². The number of carbonyl (C=O) groups is 1. The molecule has 0 aliphatic heterocycles. The van der Waals surface area contributed by atoms with Gasteiger partial charge < -0.3 is 5.11 Å². The molecule has 0 aliphatic rings. The van der Waals surface area contributed by atoms with E-state index < -0.39 is 0 Å². The first-order valence-electron chi connectivity index (χ1n) is 7.77. The van der Waals surface area contributed by atoms with Gasteiger partial charge in [-0.3, -0.25) is 9.78 Å². The molecule has 0 bridgehead atoms. The van der Waals surface area contributed by atoms with Crippen LogP contribution in [-0.2, 0) is 11.2 Å². The second-order valence-corrected chi connectivity index (χ2v) is 6.33. The van der Waals surface area contributed by atoms with Crippen LogP contribution in [0.15, 0.2) is 64.3 Å². The lowest BCUT2D eigenvalue weighted by Gasteiger charge is -2.06. The van der Waals surface area contributed by atoms with Gasteiger partial charge in [-0.05, 0) is 40.0 Å². The molecule has 1 amide bonds. The minimum atomic E-state index is -0.152. The lowest BCUT2D eigenvalue weighted by atomic mass is 10.1. The van der Waals surface area contributed by atoms with Gasteiger partial charge in [0.15, 0.2) is 5.75 Å². The first-order valence-corrected chi connectivity index (χ1v) is 8.56. The Labute approximate surface area is 153 Å². The average molecular weight is 398 g/mol. The zero-order valence-corrected chi connectivity index (χ0v) is 14.9. The van der Waals surface area contributed by atoms with Gasteiger partial charge in [-0.2, -0.15) is 5.10 Å². The van der Waals surface area contributed by atoms with Crippen LogP contribution in [0.25, 0.3) is 10.9 Å². The summed E-state index contributed by atoms with van der Waals surface area (Å²) >= 11 is 3.30. The van der Waals surface area contributed by atoms with Crippen LogP contribution in [0.5, 0.6) is 5.75 Å². The number of carbonyl (C=O) groups excluding carboxylic acids is 1. The highest BCUT2D eigenvalue weighted by Crippen LogP contribution is 2.32. The average Bonchev–Trinajstić information content (AvgIpc) is 2.65. The Balaban J connectivity index is 1.67. The monoisotopic (exact) mass is 397 g/mol. The van der Waals surface area contributed by atoms with Gasteiger partial charge in [0.05, 0.1) is 10.7 Å². The van der Waals surface area contributed by atoms with Crippen molar-refractivity contribution in [1.29, 1.82) is 0 Å². The summed E-state index contributed by atoms with van der Waals surface area (Å²) in [5, 5.41) is 14.8. The number of hydrazone groups is 1. The van der Waals surface area contributed by atoms with Crippen LogP contribution >= 0.6 is 15.9 Å². The third-order valence-corrected chi connectivity index (χ3v) is 4.33. The summed E-state index contributed by atoms with van der Waals surface area (Å²) in [4.78, 5) is 16.1. The van der Waals surface area contributed by atoms with Crippen molar-refractivity contribution in [3.05, 3.63) is 70.3 Å². The molecule has 0 radical (unpaired) electrons. The first-order chi connectivity index (χ1) is 12.1. The van der Waals surface area contributed by atoms with Crippen molar-refractivity contribution in [3.8, 4) is 5.75 Å². The summed E-state index contributed by atoms with van der Waals surface area (Å²) < 4.78 is 0.524. The van der Waals surface area contributed by atoms with Gasteiger partial charge >= 0.3 is 0 Å². The van der Waals surface area contributed by atoms with Gasteiger partial charge in [0.25, 0.3) is 0 Å². The van der Waals surface area contributed by atoms with Gasteiger partial charge in [-0.1, -0.05) is 36.4 Å². The number of aryl methyl sites for hydroxylation is 1. The van der Waals surface area contributed by atoms with E-state index >= 15 is 0 Å². The quantitative estimate of drug-likeness (QED) is 0.507. The Morgan fingerprint density at radius 1 is 1.24 bits per heavy atom. The molecule has 0 aliphatic carbocycles. The minimum Gasteiger partial charge on any atom is -0.505 e. The third-order valence-electron chi connectivity index (χ3n) is 3.73. The highest BCUT2D eigenvalue weighted by molar-refractivity contribution is 9.10. The number of hydrogen-bond acceptors (Lipinski definition) is 4. The Morgan fingerprint density at radius 3 is 2.84 bits per heavy atom. The van der Waals surface area contributed by atoms with Crippen molar-refractivity contribution in [2.75, 3.05) is 0 Å². The summed E-state index contributed by atoms with van der Waals surface area (Å²) in [6.45, 7) is 0. The van der Waals surface area contributed by atoms with Crippen molar-refractivity contribution < 1.29 is 9.90 Å². The molecule has 3 rings (SSSR count). The first kappa shape index (κ1) is 17.1. The molecule has 3 aromatic rings. The highest BCUT2D eigenvalue weighted by atomic mass is 79.9. The van der Waals surface area contributed by atoms with Crippen LogP contribution in [0.3, 0.4) is 0 Å². The fraction of sp³-hybridized carbons (Fsp3) is 0.105. The lowest BCUT2D eigenvalue weighted by Crippen LogP contribution is -2.17. The predicted molar refractivity (Wildman–Crippen MR) is 102 cm³/mol. The van der Waals surface area contributed by atoms with Crippen LogP contribution in [0.4, 0.5) is 0 Å². The van der Waals surface area contributed by atoms with Crippen molar-refractivity contribution in [2.45, 2.75) is 12.8 Å². The molecule has 2 N–H and O–H groups in total. The maximum atomic E-state index is 11.9. The molecule has 5 nitrogen and oxygen atoms in total. The van der Waals surface area contributed by atoms with E-state index in [0.717, 1.165) is 16.5 Å². The smallest absolute Gasteiger partial charge is 0.240 e. The van der Waals surface area contributed by atoms with E-state index in [0.29, 0.717) is 22.8 Å². The number of phenols is 1. The highest BCUT2D eigenvalue weighted by Gasteiger charge is 2.09. The standard InChI is InChI=1S/C19H16BrN3O2/c20-16-11-14(15-7-4-10-21-18(15)19(16)25)12-22-23-17(24)9-8-13-5-2-1-3-6-13/h1-7,10-12,25H,8-9H2,(H,23,24)/b22-12-. The largest absolute Gasteiger partial charge is 0.505 e. The Bertz CT molecular complexity index is 927. The minimum absolute atomic E-state index is 0.0830. The summed E-state index contributed by atoms with van der Waals surface area (Å²) in [7, 11) is 0.